The van der Waals surface area contributed by atoms with E-state index in [0.29, 0.717) is 11.6 Å². The highest BCUT2D eigenvalue weighted by Crippen LogP contribution is 2.30. The van der Waals surface area contributed by atoms with Crippen LogP contribution in [0, 0.1) is 17.0 Å². The molecule has 0 radical (unpaired) electrons. The molecule has 0 aliphatic rings. The summed E-state index contributed by atoms with van der Waals surface area (Å²) in [5.41, 5.74) is 3.48. The Kier molecular flexibility index (Phi) is 5.35. The molecule has 5 nitrogen and oxygen atoms in total. The third-order valence-electron chi connectivity index (χ3n) is 3.40. The van der Waals surface area contributed by atoms with Gasteiger partial charge in [0.15, 0.2) is 0 Å². The lowest BCUT2D eigenvalue weighted by Gasteiger charge is -2.11. The van der Waals surface area contributed by atoms with E-state index in [4.69, 9.17) is 16.7 Å². The fraction of sp³-hybridized carbons (Fsp3) is 0.250. The van der Waals surface area contributed by atoms with Crippen LogP contribution in [-0.4, -0.2) is 16.6 Å². The minimum atomic E-state index is -0.453. The fourth-order valence-corrected chi connectivity index (χ4v) is 2.53. The van der Waals surface area contributed by atoms with Gasteiger partial charge in [0.25, 0.3) is 5.69 Å². The van der Waals surface area contributed by atoms with Gasteiger partial charge in [-0.1, -0.05) is 35.9 Å². The molecule has 116 valence electrons. The molecule has 0 fully saturated rings. The first-order valence-electron chi connectivity index (χ1n) is 6.88. The minimum Gasteiger partial charge on any atom is -0.392 e. The molecule has 0 aliphatic carbocycles. The summed E-state index contributed by atoms with van der Waals surface area (Å²) in [7, 11) is 0. The highest BCUT2D eigenvalue weighted by Gasteiger charge is 2.12. The van der Waals surface area contributed by atoms with E-state index in [2.05, 4.69) is 5.32 Å². The number of non-ortho nitro benzene ring substituents is 1. The Morgan fingerprint density at radius 3 is 2.41 bits per heavy atom. The van der Waals surface area contributed by atoms with Crippen LogP contribution in [0.5, 0.6) is 0 Å². The van der Waals surface area contributed by atoms with Gasteiger partial charge >= 0.3 is 0 Å². The van der Waals surface area contributed by atoms with Gasteiger partial charge in [-0.15, -0.1) is 0 Å². The second kappa shape index (κ2) is 7.24. The summed E-state index contributed by atoms with van der Waals surface area (Å²) in [5, 5.41) is 23.3. The number of aliphatic hydroxyl groups is 1. The van der Waals surface area contributed by atoms with Crippen molar-refractivity contribution in [1.82, 2.24) is 0 Å². The van der Waals surface area contributed by atoms with Crippen molar-refractivity contribution in [2.45, 2.75) is 20.0 Å². The van der Waals surface area contributed by atoms with Crippen molar-refractivity contribution in [1.29, 1.82) is 0 Å². The van der Waals surface area contributed by atoms with E-state index >= 15 is 0 Å². The summed E-state index contributed by atoms with van der Waals surface area (Å²) in [5.74, 6) is 0. The Morgan fingerprint density at radius 1 is 1.23 bits per heavy atom. The maximum Gasteiger partial charge on any atom is 0.271 e. The Hall–Kier alpha value is -2.11. The Balaban J connectivity index is 2.00. The number of aryl methyl sites for hydroxylation is 1. The van der Waals surface area contributed by atoms with Gasteiger partial charge in [0.05, 0.1) is 22.2 Å². The molecule has 0 saturated heterocycles. The number of nitro benzene ring substituents is 1. The molecule has 0 bridgehead atoms. The quantitative estimate of drug-likeness (QED) is 0.628. The second-order valence-electron chi connectivity index (χ2n) is 5.03. The number of nitrogens with one attached hydrogen (secondary N) is 1. The van der Waals surface area contributed by atoms with Crippen molar-refractivity contribution in [3.05, 3.63) is 68.2 Å². The van der Waals surface area contributed by atoms with Crippen LogP contribution in [-0.2, 0) is 13.0 Å². The van der Waals surface area contributed by atoms with Gasteiger partial charge in [0, 0.05) is 18.7 Å². The first kappa shape index (κ1) is 16.3. The molecule has 22 heavy (non-hydrogen) atoms. The zero-order valence-electron chi connectivity index (χ0n) is 12.2. The van der Waals surface area contributed by atoms with E-state index in [9.17, 15) is 10.1 Å². The molecule has 6 heteroatoms. The number of nitro groups is 1. The molecule has 2 aromatic rings. The van der Waals surface area contributed by atoms with Crippen LogP contribution < -0.4 is 5.32 Å². The standard InChI is InChI=1S/C16H17ClN2O3/c1-11-8-14(19(21)22)9-15(17)16(11)18-7-6-12-2-4-13(10-20)5-3-12/h2-5,8-9,18,20H,6-7,10H2,1H3. The maximum absolute atomic E-state index is 10.8. The number of anilines is 1. The predicted octanol–water partition coefficient (Wildman–Crippen LogP) is 3.70. The van der Waals surface area contributed by atoms with E-state index in [-0.39, 0.29) is 12.3 Å². The minimum absolute atomic E-state index is 0.00681. The van der Waals surface area contributed by atoms with Gasteiger partial charge in [-0.25, -0.2) is 0 Å². The lowest BCUT2D eigenvalue weighted by molar-refractivity contribution is -0.384. The number of benzene rings is 2. The average Bonchev–Trinajstić information content (AvgIpc) is 2.50. The number of hydrogen-bond donors (Lipinski definition) is 2. The number of hydrogen-bond acceptors (Lipinski definition) is 4. The molecule has 0 saturated carbocycles. The largest absolute Gasteiger partial charge is 0.392 e. The zero-order chi connectivity index (χ0) is 16.1. The van der Waals surface area contributed by atoms with Crippen molar-refractivity contribution in [3.8, 4) is 0 Å². The van der Waals surface area contributed by atoms with Crippen LogP contribution in [0.1, 0.15) is 16.7 Å². The summed E-state index contributed by atoms with van der Waals surface area (Å²) >= 11 is 6.11. The third kappa shape index (κ3) is 3.96. The summed E-state index contributed by atoms with van der Waals surface area (Å²) in [6, 6.07) is 10.6. The van der Waals surface area contributed by atoms with Gasteiger partial charge in [-0.05, 0) is 30.0 Å². The Morgan fingerprint density at radius 2 is 1.86 bits per heavy atom. The molecule has 0 amide bonds. The van der Waals surface area contributed by atoms with Crippen molar-refractivity contribution < 1.29 is 10.0 Å². The molecule has 2 N–H and O–H groups in total. The summed E-state index contributed by atoms with van der Waals surface area (Å²) in [4.78, 5) is 10.3. The number of halogens is 1. The summed E-state index contributed by atoms with van der Waals surface area (Å²) in [6.07, 6.45) is 0.790. The van der Waals surface area contributed by atoms with Crippen molar-refractivity contribution in [2.75, 3.05) is 11.9 Å². The van der Waals surface area contributed by atoms with E-state index < -0.39 is 4.92 Å². The molecule has 2 rings (SSSR count). The molecule has 0 aliphatic heterocycles. The van der Waals surface area contributed by atoms with Gasteiger partial charge in [0.1, 0.15) is 0 Å². The number of nitrogens with zero attached hydrogens (tertiary/aromatic N) is 1. The average molecular weight is 321 g/mol. The van der Waals surface area contributed by atoms with E-state index in [1.807, 2.05) is 24.3 Å². The number of aliphatic hydroxyl groups excluding tert-OH is 1. The highest BCUT2D eigenvalue weighted by molar-refractivity contribution is 6.33. The van der Waals surface area contributed by atoms with Crippen molar-refractivity contribution in [3.63, 3.8) is 0 Å². The predicted molar refractivity (Wildman–Crippen MR) is 87.4 cm³/mol. The molecular formula is C16H17ClN2O3. The van der Waals surface area contributed by atoms with Gasteiger partial charge < -0.3 is 10.4 Å². The van der Waals surface area contributed by atoms with E-state index in [1.54, 1.807) is 6.92 Å². The Labute approximate surface area is 133 Å². The Bertz CT molecular complexity index is 649. The van der Waals surface area contributed by atoms with E-state index in [1.165, 1.54) is 12.1 Å². The van der Waals surface area contributed by atoms with Gasteiger partial charge in [-0.2, -0.15) is 0 Å². The van der Waals surface area contributed by atoms with Crippen LogP contribution >= 0.6 is 11.6 Å². The monoisotopic (exact) mass is 320 g/mol. The first-order chi connectivity index (χ1) is 10.5. The summed E-state index contributed by atoms with van der Waals surface area (Å²) < 4.78 is 0. The number of rotatable bonds is 6. The molecule has 0 heterocycles. The molecule has 0 spiro atoms. The SMILES string of the molecule is Cc1cc([N+](=O)[O-])cc(Cl)c1NCCc1ccc(CO)cc1. The van der Waals surface area contributed by atoms with Crippen LogP contribution in [0.4, 0.5) is 11.4 Å². The highest BCUT2D eigenvalue weighted by atomic mass is 35.5. The maximum atomic E-state index is 10.8. The van der Waals surface area contributed by atoms with E-state index in [0.717, 1.165) is 28.8 Å². The third-order valence-corrected chi connectivity index (χ3v) is 3.70. The van der Waals surface area contributed by atoms with Crippen LogP contribution in [0.25, 0.3) is 0 Å². The van der Waals surface area contributed by atoms with Crippen LogP contribution in [0.3, 0.4) is 0 Å². The lowest BCUT2D eigenvalue weighted by Crippen LogP contribution is -2.07. The first-order valence-corrected chi connectivity index (χ1v) is 7.26. The van der Waals surface area contributed by atoms with Gasteiger partial charge in [-0.3, -0.25) is 10.1 Å². The topological polar surface area (TPSA) is 75.4 Å². The van der Waals surface area contributed by atoms with Gasteiger partial charge in [0.2, 0.25) is 0 Å². The second-order valence-corrected chi connectivity index (χ2v) is 5.44. The molecule has 2 aromatic carbocycles. The zero-order valence-corrected chi connectivity index (χ0v) is 12.9. The van der Waals surface area contributed by atoms with Crippen LogP contribution in [0.2, 0.25) is 5.02 Å². The van der Waals surface area contributed by atoms with Crippen molar-refractivity contribution in [2.24, 2.45) is 0 Å². The lowest BCUT2D eigenvalue weighted by atomic mass is 10.1. The normalized spacial score (nSPS) is 10.5. The summed E-state index contributed by atoms with van der Waals surface area (Å²) in [6.45, 7) is 2.49. The molecular weight excluding hydrogens is 304 g/mol. The fourth-order valence-electron chi connectivity index (χ4n) is 2.20. The molecule has 0 aromatic heterocycles. The van der Waals surface area contributed by atoms with Crippen molar-refractivity contribution >= 4 is 23.0 Å². The molecule has 0 atom stereocenters. The smallest absolute Gasteiger partial charge is 0.271 e. The van der Waals surface area contributed by atoms with Crippen LogP contribution in [0.15, 0.2) is 36.4 Å². The molecule has 0 unspecified atom stereocenters.